The van der Waals surface area contributed by atoms with Crippen molar-refractivity contribution in [2.75, 3.05) is 13.7 Å². The average Bonchev–Trinajstić information content (AvgIpc) is 2.80. The zero-order valence-corrected chi connectivity index (χ0v) is 18.8. The molecule has 0 N–H and O–H groups in total. The highest BCUT2D eigenvalue weighted by Gasteiger charge is 2.50. The van der Waals surface area contributed by atoms with Crippen LogP contribution in [0.3, 0.4) is 0 Å². The smallest absolute Gasteiger partial charge is 0.283 e. The largest absolute Gasteiger partial charge is 0.377 e. The number of rotatable bonds is 5. The van der Waals surface area contributed by atoms with Gasteiger partial charge in [-0.3, -0.25) is 0 Å². The number of hydrogen-bond donors (Lipinski definition) is 0. The number of nitrogens with zero attached hydrogens (tertiary/aromatic N) is 5. The van der Waals surface area contributed by atoms with Crippen molar-refractivity contribution in [1.82, 2.24) is 4.98 Å². The van der Waals surface area contributed by atoms with E-state index in [0.29, 0.717) is 4.90 Å². The first kappa shape index (κ1) is 22.0. The molecule has 11 heteroatoms. The zero-order valence-electron chi connectivity index (χ0n) is 16.4. The van der Waals surface area contributed by atoms with E-state index in [1.54, 1.807) is 12.3 Å². The number of aromatic nitrogens is 1. The van der Waals surface area contributed by atoms with Gasteiger partial charge < -0.3 is 23.8 Å². The molecule has 0 amide bonds. The van der Waals surface area contributed by atoms with Gasteiger partial charge in [-0.1, -0.05) is 42.0 Å². The van der Waals surface area contributed by atoms with E-state index in [0.717, 1.165) is 10.0 Å². The molecule has 0 spiro atoms. The maximum atomic E-state index is 9.21. The summed E-state index contributed by atoms with van der Waals surface area (Å²) < 4.78 is 24.8. The lowest BCUT2D eigenvalue weighted by molar-refractivity contribution is -0.298. The molecule has 2 aliphatic heterocycles. The minimum Gasteiger partial charge on any atom is -0.377 e. The van der Waals surface area contributed by atoms with Crippen molar-refractivity contribution in [3.05, 3.63) is 74.5 Å². The Hall–Kier alpha value is -2.16. The summed E-state index contributed by atoms with van der Waals surface area (Å²) in [6.45, 7) is 7.64. The van der Waals surface area contributed by atoms with Gasteiger partial charge in [0, 0.05) is 22.5 Å². The number of ether oxygens (including phenoxy) is 4. The molecule has 1 aromatic carbocycles. The summed E-state index contributed by atoms with van der Waals surface area (Å²) in [6.07, 6.45) is -0.631. The normalized spacial score (nSPS) is 30.0. The van der Waals surface area contributed by atoms with Gasteiger partial charge in [-0.15, -0.1) is 16.7 Å². The Morgan fingerprint density at radius 3 is 2.84 bits per heavy atom. The molecule has 2 aromatic rings. The molecule has 3 unspecified atom stereocenters. The van der Waals surface area contributed by atoms with Crippen molar-refractivity contribution in [1.29, 1.82) is 0 Å². The topological polar surface area (TPSA) is 103 Å². The van der Waals surface area contributed by atoms with Crippen LogP contribution in [0.15, 0.2) is 57.1 Å². The summed E-state index contributed by atoms with van der Waals surface area (Å²) in [5, 5.41) is 4.00. The minimum atomic E-state index is -0.641. The second kappa shape index (κ2) is 9.97. The van der Waals surface area contributed by atoms with Crippen LogP contribution in [0.5, 0.6) is 0 Å². The van der Waals surface area contributed by atoms with Crippen LogP contribution in [0.1, 0.15) is 11.9 Å². The Bertz CT molecular complexity index is 1020. The Morgan fingerprint density at radius 1 is 1.32 bits per heavy atom. The fraction of sp³-hybridized carbons (Fsp3) is 0.400. The Morgan fingerprint density at radius 2 is 2.13 bits per heavy atom. The quantitative estimate of drug-likeness (QED) is 0.245. The first-order valence-corrected chi connectivity index (χ1v) is 11.1. The molecular formula is C20H18BrN5O4S. The standard InChI is InChI=1S/C20H18BrN5O4S/c1-23-18-14(8-12(21)9-24-18)31-20-17(27-2)15(25-26-22)16-13(29-20)10-28-19(30-16)11-6-4-3-5-7-11/h3-9,13,15-17,19-20H,10H2,2H3/t13?,15-,16-,17?,19?,20+/m0/s1. The van der Waals surface area contributed by atoms with E-state index in [1.165, 1.54) is 18.9 Å². The molecular weight excluding hydrogens is 486 g/mol. The molecule has 160 valence electrons. The van der Waals surface area contributed by atoms with E-state index in [1.807, 2.05) is 30.3 Å². The van der Waals surface area contributed by atoms with Gasteiger partial charge in [-0.05, 0) is 27.5 Å². The number of pyridine rings is 1. The number of thioether (sulfide) groups is 1. The average molecular weight is 504 g/mol. The van der Waals surface area contributed by atoms with Crippen molar-refractivity contribution < 1.29 is 18.9 Å². The van der Waals surface area contributed by atoms with Gasteiger partial charge in [0.05, 0.1) is 17.1 Å². The van der Waals surface area contributed by atoms with Gasteiger partial charge in [0.25, 0.3) is 5.82 Å². The number of halogens is 1. The molecule has 0 radical (unpaired) electrons. The minimum absolute atomic E-state index is 0.259. The maximum absolute atomic E-state index is 9.21. The van der Waals surface area contributed by atoms with Gasteiger partial charge in [0.15, 0.2) is 6.29 Å². The summed E-state index contributed by atoms with van der Waals surface area (Å²) in [6, 6.07) is 10.7. The monoisotopic (exact) mass is 503 g/mol. The van der Waals surface area contributed by atoms with Crippen molar-refractivity contribution in [2.45, 2.75) is 41.0 Å². The number of hydrogen-bond acceptors (Lipinski definition) is 7. The highest BCUT2D eigenvalue weighted by molar-refractivity contribution is 9.10. The summed E-state index contributed by atoms with van der Waals surface area (Å²) >= 11 is 4.68. The lowest BCUT2D eigenvalue weighted by Crippen LogP contribution is -2.60. The van der Waals surface area contributed by atoms with Crippen molar-refractivity contribution >= 4 is 33.5 Å². The maximum Gasteiger partial charge on any atom is 0.283 e. The fourth-order valence-corrected chi connectivity index (χ4v) is 5.33. The SMILES string of the molecule is [C-]#[N+]c1ncc(Br)cc1S[C@H]1OC2COC(c3ccccc3)O[C@@H]2[C@H](N=[N+]=[N-])C1OC. The highest BCUT2D eigenvalue weighted by atomic mass is 79.9. The zero-order chi connectivity index (χ0) is 21.8. The van der Waals surface area contributed by atoms with Crippen molar-refractivity contribution in [3.63, 3.8) is 0 Å². The van der Waals surface area contributed by atoms with Gasteiger partial charge >= 0.3 is 0 Å². The summed E-state index contributed by atoms with van der Waals surface area (Å²) in [7, 11) is 1.53. The summed E-state index contributed by atoms with van der Waals surface area (Å²) in [4.78, 5) is 11.3. The molecule has 3 heterocycles. The van der Waals surface area contributed by atoms with E-state index in [-0.39, 0.29) is 12.4 Å². The van der Waals surface area contributed by atoms with Crippen molar-refractivity contribution in [3.8, 4) is 0 Å². The van der Waals surface area contributed by atoms with Gasteiger partial charge in [-0.2, -0.15) is 0 Å². The number of azide groups is 1. The third-order valence-corrected chi connectivity index (χ3v) is 6.59. The van der Waals surface area contributed by atoms with Crippen LogP contribution in [-0.4, -0.2) is 48.5 Å². The molecule has 2 aliphatic rings. The molecule has 6 atom stereocenters. The van der Waals surface area contributed by atoms with Crippen LogP contribution in [0, 0.1) is 6.57 Å². The van der Waals surface area contributed by atoms with Gasteiger partial charge in [0.1, 0.15) is 29.9 Å². The Balaban J connectivity index is 1.60. The molecule has 0 saturated carbocycles. The lowest BCUT2D eigenvalue weighted by Gasteiger charge is -2.47. The van der Waals surface area contributed by atoms with E-state index in [2.05, 4.69) is 35.8 Å². The van der Waals surface area contributed by atoms with E-state index in [4.69, 9.17) is 25.5 Å². The molecule has 1 aromatic heterocycles. The molecule has 31 heavy (non-hydrogen) atoms. The number of methoxy groups -OCH3 is 1. The summed E-state index contributed by atoms with van der Waals surface area (Å²) in [5.74, 6) is 0.259. The van der Waals surface area contributed by atoms with Crippen LogP contribution in [0.4, 0.5) is 5.82 Å². The van der Waals surface area contributed by atoms with Crippen LogP contribution >= 0.6 is 27.7 Å². The Labute approximate surface area is 191 Å². The predicted octanol–water partition coefficient (Wildman–Crippen LogP) is 5.02. The highest BCUT2D eigenvalue weighted by Crippen LogP contribution is 2.43. The Kier molecular flexibility index (Phi) is 7.09. The van der Waals surface area contributed by atoms with Crippen LogP contribution in [0.25, 0.3) is 15.3 Å². The number of benzene rings is 1. The van der Waals surface area contributed by atoms with Crippen molar-refractivity contribution in [2.24, 2.45) is 5.11 Å². The molecule has 0 aliphatic carbocycles. The van der Waals surface area contributed by atoms with Crippen LogP contribution < -0.4 is 0 Å². The van der Waals surface area contributed by atoms with Gasteiger partial charge in [-0.25, -0.2) is 0 Å². The fourth-order valence-electron chi connectivity index (χ4n) is 3.59. The van der Waals surface area contributed by atoms with E-state index < -0.39 is 36.1 Å². The van der Waals surface area contributed by atoms with Crippen LogP contribution in [0.2, 0.25) is 0 Å². The number of fused-ring (bicyclic) bond motifs is 1. The summed E-state index contributed by atoms with van der Waals surface area (Å²) in [5.41, 5.74) is 9.52. The van der Waals surface area contributed by atoms with E-state index >= 15 is 0 Å². The van der Waals surface area contributed by atoms with Crippen LogP contribution in [-0.2, 0) is 18.9 Å². The molecule has 2 fully saturated rings. The first-order valence-electron chi connectivity index (χ1n) is 9.38. The molecule has 2 saturated heterocycles. The molecule has 0 bridgehead atoms. The third-order valence-electron chi connectivity index (χ3n) is 4.99. The first-order chi connectivity index (χ1) is 15.1. The van der Waals surface area contributed by atoms with Gasteiger partial charge in [0.2, 0.25) is 0 Å². The second-order valence-electron chi connectivity index (χ2n) is 6.82. The second-order valence-corrected chi connectivity index (χ2v) is 8.88. The lowest BCUT2D eigenvalue weighted by atomic mass is 9.96. The third kappa shape index (κ3) is 4.71. The molecule has 9 nitrogen and oxygen atoms in total. The predicted molar refractivity (Wildman–Crippen MR) is 116 cm³/mol. The molecule has 4 rings (SSSR count). The van der Waals surface area contributed by atoms with E-state index in [9.17, 15) is 5.53 Å².